The van der Waals surface area contributed by atoms with E-state index < -0.39 is 11.8 Å². The fraction of sp³-hybridized carbons (Fsp3) is 0.0588. The Morgan fingerprint density at radius 3 is 2.52 bits per heavy atom. The van der Waals surface area contributed by atoms with E-state index in [9.17, 15) is 19.7 Å². The van der Waals surface area contributed by atoms with Gasteiger partial charge in [0, 0.05) is 16.5 Å². The van der Waals surface area contributed by atoms with Gasteiger partial charge in [-0.3, -0.25) is 9.59 Å². The lowest BCUT2D eigenvalue weighted by Crippen LogP contribution is -2.54. The van der Waals surface area contributed by atoms with Crippen LogP contribution in [0.2, 0.25) is 0 Å². The SMILES string of the molecule is O=C(c1ccccc1)N1NCc2c([n+](=O)c3ccccc3n2[O-])C1=O. The second-order valence-electron chi connectivity index (χ2n) is 5.52. The first kappa shape index (κ1) is 15.0. The van der Waals surface area contributed by atoms with Crippen molar-refractivity contribution in [2.24, 2.45) is 0 Å². The van der Waals surface area contributed by atoms with Crippen LogP contribution in [0.25, 0.3) is 11.0 Å². The Morgan fingerprint density at radius 1 is 1.08 bits per heavy atom. The molecular formula is C17H12N4O4. The number of hydrazine groups is 1. The third-order valence-corrected chi connectivity index (χ3v) is 4.08. The van der Waals surface area contributed by atoms with Gasteiger partial charge in [0.05, 0.1) is 11.0 Å². The monoisotopic (exact) mass is 336 g/mol. The smallest absolute Gasteiger partial charge is 0.350 e. The third-order valence-electron chi connectivity index (χ3n) is 4.08. The van der Waals surface area contributed by atoms with E-state index in [1.54, 1.807) is 42.5 Å². The quantitative estimate of drug-likeness (QED) is 0.532. The maximum Gasteiger partial charge on any atom is 0.350 e. The molecule has 1 aromatic heterocycles. The summed E-state index contributed by atoms with van der Waals surface area (Å²) in [7, 11) is 0. The molecule has 1 N–H and O–H groups in total. The molecule has 2 aromatic carbocycles. The van der Waals surface area contributed by atoms with E-state index in [1.165, 1.54) is 12.1 Å². The summed E-state index contributed by atoms with van der Waals surface area (Å²) < 4.78 is 0.960. The summed E-state index contributed by atoms with van der Waals surface area (Å²) in [5.74, 6) is -1.46. The molecule has 3 aromatic rings. The summed E-state index contributed by atoms with van der Waals surface area (Å²) in [6, 6.07) is 14.4. The van der Waals surface area contributed by atoms with Crippen molar-refractivity contribution in [3.63, 3.8) is 0 Å². The van der Waals surface area contributed by atoms with Gasteiger partial charge in [-0.2, -0.15) is 5.01 Å². The van der Waals surface area contributed by atoms with Crippen molar-refractivity contribution in [2.45, 2.75) is 6.54 Å². The van der Waals surface area contributed by atoms with Gasteiger partial charge in [-0.05, 0) is 18.2 Å². The van der Waals surface area contributed by atoms with Gasteiger partial charge < -0.3 is 9.94 Å². The summed E-state index contributed by atoms with van der Waals surface area (Å²) in [5.41, 5.74) is 2.77. The average Bonchev–Trinajstić information content (AvgIpc) is 2.66. The molecular weight excluding hydrogens is 324 g/mol. The number of amides is 2. The number of hydrogen-bond acceptors (Lipinski definition) is 5. The van der Waals surface area contributed by atoms with Gasteiger partial charge in [0.1, 0.15) is 11.2 Å². The first-order chi connectivity index (χ1) is 12.1. The van der Waals surface area contributed by atoms with Gasteiger partial charge >= 0.3 is 11.6 Å². The highest BCUT2D eigenvalue weighted by molar-refractivity contribution is 6.09. The van der Waals surface area contributed by atoms with Crippen LogP contribution >= 0.6 is 0 Å². The molecule has 2 amide bonds. The van der Waals surface area contributed by atoms with Crippen molar-refractivity contribution in [3.05, 3.63) is 81.7 Å². The van der Waals surface area contributed by atoms with E-state index in [-0.39, 0.29) is 29.0 Å². The number of hydrogen-bond donors (Lipinski definition) is 1. The molecule has 0 radical (unpaired) electrons. The lowest BCUT2D eigenvalue weighted by atomic mass is 10.1. The fourth-order valence-electron chi connectivity index (χ4n) is 2.86. The second-order valence-corrected chi connectivity index (χ2v) is 5.52. The Balaban J connectivity index is 1.86. The number of imide groups is 1. The van der Waals surface area contributed by atoms with Crippen molar-refractivity contribution >= 4 is 22.8 Å². The molecule has 2 heterocycles. The Bertz CT molecular complexity index is 1080. The number of carbonyl (C=O) groups excluding carboxylic acids is 2. The topological polar surface area (TPSA) is 100 Å². The number of benzene rings is 2. The molecule has 0 bridgehead atoms. The molecule has 25 heavy (non-hydrogen) atoms. The molecule has 0 fully saturated rings. The third kappa shape index (κ3) is 2.19. The normalized spacial score (nSPS) is 13.8. The molecule has 1 aliphatic rings. The van der Waals surface area contributed by atoms with Crippen LogP contribution in [0.5, 0.6) is 0 Å². The zero-order valence-electron chi connectivity index (χ0n) is 12.9. The second kappa shape index (κ2) is 5.53. The van der Waals surface area contributed by atoms with E-state index in [0.29, 0.717) is 14.7 Å². The molecule has 0 saturated heterocycles. The number of para-hydroxylation sites is 2. The van der Waals surface area contributed by atoms with Crippen molar-refractivity contribution < 1.29 is 14.0 Å². The van der Waals surface area contributed by atoms with Crippen LogP contribution in [0.4, 0.5) is 0 Å². The minimum absolute atomic E-state index is 0.0178. The molecule has 0 saturated carbocycles. The molecule has 124 valence electrons. The fourth-order valence-corrected chi connectivity index (χ4v) is 2.86. The summed E-state index contributed by atoms with van der Waals surface area (Å²) in [5, 5.41) is 13.3. The number of carbonyl (C=O) groups is 2. The van der Waals surface area contributed by atoms with E-state index in [1.807, 2.05) is 0 Å². The van der Waals surface area contributed by atoms with Crippen LogP contribution in [0, 0.1) is 10.1 Å². The maximum atomic E-state index is 12.7. The molecule has 8 heteroatoms. The van der Waals surface area contributed by atoms with Crippen LogP contribution in [0.1, 0.15) is 26.5 Å². The predicted molar refractivity (Wildman–Crippen MR) is 87.9 cm³/mol. The summed E-state index contributed by atoms with van der Waals surface area (Å²) in [6.07, 6.45) is 0. The van der Waals surface area contributed by atoms with E-state index in [2.05, 4.69) is 5.43 Å². The number of aromatic nitrogens is 2. The van der Waals surface area contributed by atoms with E-state index >= 15 is 0 Å². The average molecular weight is 336 g/mol. The predicted octanol–water partition coefficient (Wildman–Crippen LogP) is 1.20. The van der Waals surface area contributed by atoms with Gasteiger partial charge in [0.15, 0.2) is 0 Å². The molecule has 8 nitrogen and oxygen atoms in total. The highest BCUT2D eigenvalue weighted by Crippen LogP contribution is 2.19. The van der Waals surface area contributed by atoms with E-state index in [4.69, 9.17) is 0 Å². The molecule has 0 spiro atoms. The number of fused-ring (bicyclic) bond motifs is 2. The zero-order chi connectivity index (χ0) is 17.6. The number of nitrogens with one attached hydrogen (secondary N) is 1. The summed E-state index contributed by atoms with van der Waals surface area (Å²) in [6.45, 7) is -0.115. The number of rotatable bonds is 1. The molecule has 0 unspecified atom stereocenters. The summed E-state index contributed by atoms with van der Waals surface area (Å²) >= 11 is 0. The highest BCUT2D eigenvalue weighted by Gasteiger charge is 2.39. The maximum absolute atomic E-state index is 12.7. The van der Waals surface area contributed by atoms with Crippen LogP contribution in [0.3, 0.4) is 0 Å². The van der Waals surface area contributed by atoms with Gasteiger partial charge in [-0.15, -0.1) is 0 Å². The molecule has 0 aliphatic carbocycles. The summed E-state index contributed by atoms with van der Waals surface area (Å²) in [4.78, 5) is 37.9. The van der Waals surface area contributed by atoms with Gasteiger partial charge in [0.25, 0.3) is 11.4 Å². The van der Waals surface area contributed by atoms with Crippen molar-refractivity contribution in [1.29, 1.82) is 0 Å². The Labute approximate surface area is 141 Å². The molecule has 4 rings (SSSR count). The van der Waals surface area contributed by atoms with Crippen LogP contribution in [0.15, 0.2) is 54.6 Å². The van der Waals surface area contributed by atoms with Gasteiger partial charge in [-0.25, -0.2) is 5.43 Å². The van der Waals surface area contributed by atoms with E-state index in [0.717, 1.165) is 5.01 Å². The van der Waals surface area contributed by atoms with Crippen LogP contribution < -0.4 is 9.85 Å². The molecule has 0 atom stereocenters. The lowest BCUT2D eigenvalue weighted by Gasteiger charge is -2.28. The first-order valence-electron chi connectivity index (χ1n) is 7.53. The van der Waals surface area contributed by atoms with Gasteiger partial charge in [-0.1, -0.05) is 30.3 Å². The van der Waals surface area contributed by atoms with Gasteiger partial charge in [0.2, 0.25) is 0 Å². The Kier molecular flexibility index (Phi) is 3.33. The van der Waals surface area contributed by atoms with Crippen LogP contribution in [-0.4, -0.2) is 21.6 Å². The van der Waals surface area contributed by atoms with Crippen molar-refractivity contribution in [2.75, 3.05) is 0 Å². The Hall–Kier alpha value is -3.52. The molecule has 1 aliphatic heterocycles. The van der Waals surface area contributed by atoms with Crippen molar-refractivity contribution in [3.8, 4) is 0 Å². The zero-order valence-corrected chi connectivity index (χ0v) is 12.9. The lowest BCUT2D eigenvalue weighted by molar-refractivity contribution is -0.469. The number of nitrogens with zero attached hydrogens (tertiary/aromatic N) is 3. The Morgan fingerprint density at radius 2 is 1.76 bits per heavy atom. The largest absolute Gasteiger partial charge is 0.805 e. The minimum Gasteiger partial charge on any atom is -0.805 e. The minimum atomic E-state index is -0.861. The first-order valence-corrected chi connectivity index (χ1v) is 7.53. The van der Waals surface area contributed by atoms with Crippen LogP contribution in [-0.2, 0) is 6.54 Å². The highest BCUT2D eigenvalue weighted by atomic mass is 16.5. The van der Waals surface area contributed by atoms with Crippen molar-refractivity contribution in [1.82, 2.24) is 15.2 Å². The standard InChI is InChI=1S/C17H12N4O4/c22-16(11-6-2-1-3-7-11)19-17(23)15-14(10-18-19)20(24)12-8-4-5-9-13(12)21(15)25/h1-9,18H,10H2.